The Morgan fingerprint density at radius 3 is 2.51 bits per heavy atom. The largest absolute Gasteiger partial charge is 0.493 e. The van der Waals surface area contributed by atoms with Crippen LogP contribution in [-0.2, 0) is 11.4 Å². The minimum Gasteiger partial charge on any atom is -0.493 e. The Hall–Kier alpha value is -2.95. The average molecular weight is 595 g/mol. The number of thioether (sulfide) groups is 1. The fraction of sp³-hybridized carbons (Fsp3) is 0.0800. The molecule has 4 rings (SSSR count). The number of hydrogen-bond acceptors (Lipinski definition) is 6. The van der Waals surface area contributed by atoms with E-state index in [0.29, 0.717) is 39.4 Å². The standard InChI is InChI=1S/C25H18Cl3N3O4S2/c1-34-20-10-15(9-19(28)22(20)35-13-14-5-3-2-4-6-14)11-21-23(32)31(25(36)37-21)30-24(33)29-16-7-8-17(26)18(27)12-16/h2-12H,13H2,1H3,(H2,29,30,33)/b21-11-. The van der Waals surface area contributed by atoms with Gasteiger partial charge in [-0.15, -0.1) is 0 Å². The average Bonchev–Trinajstić information content (AvgIpc) is 3.13. The Balaban J connectivity index is 1.46. The first-order valence-electron chi connectivity index (χ1n) is 10.6. The van der Waals surface area contributed by atoms with Crippen LogP contribution in [0.5, 0.6) is 11.5 Å². The number of anilines is 1. The molecule has 1 heterocycles. The zero-order valence-electron chi connectivity index (χ0n) is 19.1. The number of benzene rings is 3. The number of nitrogens with one attached hydrogen (secondary N) is 2. The van der Waals surface area contributed by atoms with E-state index in [2.05, 4.69) is 10.7 Å². The number of amides is 3. The first kappa shape index (κ1) is 27.1. The van der Waals surface area contributed by atoms with E-state index < -0.39 is 11.9 Å². The molecule has 0 aromatic heterocycles. The molecule has 3 amide bonds. The van der Waals surface area contributed by atoms with Crippen LogP contribution in [0.2, 0.25) is 15.1 Å². The molecule has 1 saturated heterocycles. The van der Waals surface area contributed by atoms with Crippen molar-refractivity contribution < 1.29 is 19.1 Å². The molecule has 7 nitrogen and oxygen atoms in total. The molecule has 0 bridgehead atoms. The van der Waals surface area contributed by atoms with Gasteiger partial charge in [0.25, 0.3) is 5.91 Å². The van der Waals surface area contributed by atoms with Gasteiger partial charge in [-0.3, -0.25) is 4.79 Å². The van der Waals surface area contributed by atoms with Crippen LogP contribution in [0.15, 0.2) is 65.6 Å². The Bertz CT molecular complexity index is 1400. The lowest BCUT2D eigenvalue weighted by atomic mass is 10.1. The molecule has 1 fully saturated rings. The van der Waals surface area contributed by atoms with Gasteiger partial charge in [-0.1, -0.05) is 76.9 Å². The number of methoxy groups -OCH3 is 1. The van der Waals surface area contributed by atoms with Gasteiger partial charge >= 0.3 is 6.03 Å². The van der Waals surface area contributed by atoms with E-state index >= 15 is 0 Å². The summed E-state index contributed by atoms with van der Waals surface area (Å²) in [6.07, 6.45) is 1.60. The second-order valence-electron chi connectivity index (χ2n) is 7.52. The highest BCUT2D eigenvalue weighted by atomic mass is 35.5. The number of ether oxygens (including phenoxy) is 2. The van der Waals surface area contributed by atoms with Gasteiger partial charge in [0.1, 0.15) is 6.61 Å². The Morgan fingerprint density at radius 1 is 1.05 bits per heavy atom. The molecule has 12 heteroatoms. The predicted molar refractivity (Wildman–Crippen MR) is 152 cm³/mol. The molecule has 3 aromatic carbocycles. The van der Waals surface area contributed by atoms with Crippen molar-refractivity contribution in [1.82, 2.24) is 10.4 Å². The van der Waals surface area contributed by atoms with E-state index in [-0.39, 0.29) is 14.2 Å². The quantitative estimate of drug-likeness (QED) is 0.223. The maximum absolute atomic E-state index is 13.0. The zero-order valence-corrected chi connectivity index (χ0v) is 23.0. The van der Waals surface area contributed by atoms with Crippen LogP contribution < -0.4 is 20.2 Å². The van der Waals surface area contributed by atoms with Gasteiger partial charge in [-0.25, -0.2) is 10.2 Å². The summed E-state index contributed by atoms with van der Waals surface area (Å²) in [6.45, 7) is 0.310. The van der Waals surface area contributed by atoms with Crippen LogP contribution in [0, 0.1) is 0 Å². The van der Waals surface area contributed by atoms with Gasteiger partial charge in [0.05, 0.1) is 27.1 Å². The summed E-state index contributed by atoms with van der Waals surface area (Å²) >= 11 is 24.7. The van der Waals surface area contributed by atoms with Crippen molar-refractivity contribution in [2.24, 2.45) is 0 Å². The maximum atomic E-state index is 13.0. The lowest BCUT2D eigenvalue weighted by Crippen LogP contribution is -2.46. The van der Waals surface area contributed by atoms with Crippen molar-refractivity contribution in [2.45, 2.75) is 6.61 Å². The van der Waals surface area contributed by atoms with Crippen LogP contribution in [0.3, 0.4) is 0 Å². The van der Waals surface area contributed by atoms with E-state index in [4.69, 9.17) is 56.5 Å². The third kappa shape index (κ3) is 6.68. The summed E-state index contributed by atoms with van der Waals surface area (Å²) in [5, 5.41) is 4.49. The number of carbonyl (C=O) groups excluding carboxylic acids is 2. The number of nitrogens with zero attached hydrogens (tertiary/aromatic N) is 1. The molecule has 3 aromatic rings. The third-order valence-electron chi connectivity index (χ3n) is 4.96. The van der Waals surface area contributed by atoms with Crippen molar-refractivity contribution in [3.8, 4) is 11.5 Å². The third-order valence-corrected chi connectivity index (χ3v) is 7.28. The van der Waals surface area contributed by atoms with Crippen molar-refractivity contribution in [2.75, 3.05) is 12.4 Å². The van der Waals surface area contributed by atoms with Crippen LogP contribution in [0.4, 0.5) is 10.5 Å². The highest BCUT2D eigenvalue weighted by Crippen LogP contribution is 2.39. The number of halogens is 3. The molecule has 1 aliphatic heterocycles. The van der Waals surface area contributed by atoms with Gasteiger partial charge in [-0.05, 0) is 59.8 Å². The van der Waals surface area contributed by atoms with Gasteiger partial charge in [0.2, 0.25) is 0 Å². The molecule has 0 aliphatic carbocycles. The second-order valence-corrected chi connectivity index (χ2v) is 10.4. The lowest BCUT2D eigenvalue weighted by Gasteiger charge is -2.16. The van der Waals surface area contributed by atoms with Crippen LogP contribution in [0.25, 0.3) is 6.08 Å². The monoisotopic (exact) mass is 593 g/mol. The van der Waals surface area contributed by atoms with Crippen LogP contribution in [0.1, 0.15) is 11.1 Å². The smallest absolute Gasteiger partial charge is 0.338 e. The van der Waals surface area contributed by atoms with E-state index in [9.17, 15) is 9.59 Å². The number of hydrazine groups is 1. The molecule has 1 aliphatic rings. The second kappa shape index (κ2) is 12.1. The van der Waals surface area contributed by atoms with Gasteiger partial charge < -0.3 is 14.8 Å². The molecule has 190 valence electrons. The number of hydrogen-bond donors (Lipinski definition) is 2. The highest BCUT2D eigenvalue weighted by molar-refractivity contribution is 8.26. The van der Waals surface area contributed by atoms with E-state index in [1.807, 2.05) is 30.3 Å². The molecule has 0 atom stereocenters. The fourth-order valence-corrected chi connectivity index (χ4v) is 4.99. The maximum Gasteiger partial charge on any atom is 0.338 e. The number of carbonyl (C=O) groups is 2. The van der Waals surface area contributed by atoms with Crippen molar-refractivity contribution >= 4 is 86.8 Å². The van der Waals surface area contributed by atoms with Gasteiger partial charge in [-0.2, -0.15) is 5.01 Å². The SMILES string of the molecule is COc1cc(/C=C2\SC(=S)N(NC(=O)Nc3ccc(Cl)c(Cl)c3)C2=O)cc(Cl)c1OCc1ccccc1. The Labute approximate surface area is 237 Å². The topological polar surface area (TPSA) is 79.9 Å². The van der Waals surface area contributed by atoms with Gasteiger partial charge in [0, 0.05) is 5.69 Å². The Kier molecular flexibility index (Phi) is 8.83. The van der Waals surface area contributed by atoms with Crippen LogP contribution in [-0.4, -0.2) is 28.4 Å². The molecular weight excluding hydrogens is 577 g/mol. The summed E-state index contributed by atoms with van der Waals surface area (Å²) in [4.78, 5) is 25.7. The summed E-state index contributed by atoms with van der Waals surface area (Å²) < 4.78 is 11.5. The van der Waals surface area contributed by atoms with E-state index in [1.165, 1.54) is 13.2 Å². The summed E-state index contributed by atoms with van der Waals surface area (Å²) in [6, 6.07) is 16.9. The minimum absolute atomic E-state index is 0.154. The number of rotatable bonds is 7. The summed E-state index contributed by atoms with van der Waals surface area (Å²) in [5.41, 5.74) is 4.40. The minimum atomic E-state index is -0.680. The first-order valence-corrected chi connectivity index (χ1v) is 13.0. The zero-order chi connectivity index (χ0) is 26.5. The number of thiocarbonyl (C=S) groups is 1. The van der Waals surface area contributed by atoms with Crippen molar-refractivity contribution in [3.05, 3.63) is 91.8 Å². The molecular formula is C25H18Cl3N3O4S2. The highest BCUT2D eigenvalue weighted by Gasteiger charge is 2.33. The number of urea groups is 1. The normalized spacial score (nSPS) is 14.2. The van der Waals surface area contributed by atoms with E-state index in [1.54, 1.807) is 30.3 Å². The first-order chi connectivity index (χ1) is 17.7. The molecule has 0 unspecified atom stereocenters. The Morgan fingerprint density at radius 2 is 1.81 bits per heavy atom. The summed E-state index contributed by atoms with van der Waals surface area (Å²) in [5.74, 6) is 0.293. The van der Waals surface area contributed by atoms with Crippen molar-refractivity contribution in [3.63, 3.8) is 0 Å². The lowest BCUT2D eigenvalue weighted by molar-refractivity contribution is -0.123. The fourth-order valence-electron chi connectivity index (χ4n) is 3.24. The molecule has 0 radical (unpaired) electrons. The molecule has 0 spiro atoms. The van der Waals surface area contributed by atoms with Crippen LogP contribution >= 0.6 is 58.8 Å². The van der Waals surface area contributed by atoms with Crippen molar-refractivity contribution in [1.29, 1.82) is 0 Å². The predicted octanol–water partition coefficient (Wildman–Crippen LogP) is 7.17. The summed E-state index contributed by atoms with van der Waals surface area (Å²) in [7, 11) is 1.50. The molecule has 0 saturated carbocycles. The molecule has 37 heavy (non-hydrogen) atoms. The molecule has 2 N–H and O–H groups in total. The van der Waals surface area contributed by atoms with Gasteiger partial charge in [0.15, 0.2) is 15.8 Å². The van der Waals surface area contributed by atoms with E-state index in [0.717, 1.165) is 22.3 Å².